The lowest BCUT2D eigenvalue weighted by molar-refractivity contribution is 1.16. The van der Waals surface area contributed by atoms with Crippen molar-refractivity contribution in [2.45, 2.75) is 26.7 Å². The summed E-state index contributed by atoms with van der Waals surface area (Å²) in [5.74, 6) is 0. The van der Waals surface area contributed by atoms with Crippen LogP contribution >= 0.6 is 0 Å². The van der Waals surface area contributed by atoms with Crippen LogP contribution in [-0.2, 0) is 12.8 Å². The Labute approximate surface area is 146 Å². The maximum absolute atomic E-state index is 4.06. The molecule has 122 valence electrons. The highest BCUT2D eigenvalue weighted by Crippen LogP contribution is 2.23. The molecule has 0 saturated carbocycles. The third-order valence-corrected chi connectivity index (χ3v) is 4.28. The Morgan fingerprint density at radius 3 is 1.12 bits per heavy atom. The van der Waals surface area contributed by atoms with Gasteiger partial charge in [0.25, 0.3) is 0 Å². The van der Waals surface area contributed by atoms with Crippen LogP contribution in [0, 0.1) is 0 Å². The van der Waals surface area contributed by atoms with Crippen molar-refractivity contribution in [1.82, 2.24) is 0 Å². The molecule has 0 aliphatic heterocycles. The first-order valence-electron chi connectivity index (χ1n) is 8.22. The minimum atomic E-state index is 0.859. The van der Waals surface area contributed by atoms with E-state index in [1.54, 1.807) is 0 Å². The van der Waals surface area contributed by atoms with E-state index >= 15 is 0 Å². The van der Waals surface area contributed by atoms with Crippen LogP contribution in [0.5, 0.6) is 0 Å². The average Bonchev–Trinajstić information content (AvgIpc) is 2.56. The van der Waals surface area contributed by atoms with Crippen LogP contribution in [0.2, 0.25) is 0 Å². The summed E-state index contributed by atoms with van der Waals surface area (Å²) in [4.78, 5) is 0. The molecule has 0 atom stereocenters. The van der Waals surface area contributed by atoms with Gasteiger partial charge in [0, 0.05) is 0 Å². The fourth-order valence-electron chi connectivity index (χ4n) is 2.42. The highest BCUT2D eigenvalue weighted by Gasteiger charge is 2.02. The SMILES string of the molecule is C=C(C)C(=C)Cc1ccc(-c2ccc(CC(=C)C(=C)C)cc2)cc1. The van der Waals surface area contributed by atoms with E-state index in [-0.39, 0.29) is 0 Å². The second kappa shape index (κ2) is 7.79. The molecule has 0 heteroatoms. The fraction of sp³-hybridized carbons (Fsp3) is 0.167. The predicted octanol–water partition coefficient (Wildman–Crippen LogP) is 6.70. The number of rotatable bonds is 7. The molecule has 0 unspecified atom stereocenters. The first-order chi connectivity index (χ1) is 11.4. The quantitative estimate of drug-likeness (QED) is 0.499. The molecule has 0 spiro atoms. The Bertz CT molecular complexity index is 698. The molecule has 0 amide bonds. The van der Waals surface area contributed by atoms with Gasteiger partial charge < -0.3 is 0 Å². The van der Waals surface area contributed by atoms with Crippen molar-refractivity contribution < 1.29 is 0 Å². The van der Waals surface area contributed by atoms with E-state index in [2.05, 4.69) is 74.8 Å². The molecule has 0 saturated heterocycles. The van der Waals surface area contributed by atoms with Crippen LogP contribution in [0.3, 0.4) is 0 Å². The standard InChI is InChI=1S/C24H26/c1-17(2)19(5)15-21-7-11-23(12-8-21)24-13-9-22(10-14-24)16-20(6)18(3)4/h7-14H,1,3,5-6,15-16H2,2,4H3. The summed E-state index contributed by atoms with van der Waals surface area (Å²) in [7, 11) is 0. The van der Waals surface area contributed by atoms with Crippen molar-refractivity contribution in [1.29, 1.82) is 0 Å². The van der Waals surface area contributed by atoms with Crippen molar-refractivity contribution in [3.8, 4) is 11.1 Å². The molecule has 24 heavy (non-hydrogen) atoms. The molecular weight excluding hydrogens is 288 g/mol. The van der Waals surface area contributed by atoms with E-state index in [4.69, 9.17) is 0 Å². The zero-order valence-electron chi connectivity index (χ0n) is 14.9. The zero-order valence-corrected chi connectivity index (χ0v) is 14.9. The summed E-state index contributed by atoms with van der Waals surface area (Å²) in [6.07, 6.45) is 1.72. The van der Waals surface area contributed by atoms with Crippen molar-refractivity contribution in [2.75, 3.05) is 0 Å². The molecule has 2 aromatic carbocycles. The molecule has 0 aliphatic rings. The Hall–Kier alpha value is -2.60. The summed E-state index contributed by atoms with van der Waals surface area (Å²) in [5, 5.41) is 0. The molecule has 0 nitrogen and oxygen atoms in total. The highest BCUT2D eigenvalue weighted by atomic mass is 14.1. The second-order valence-electron chi connectivity index (χ2n) is 6.52. The van der Waals surface area contributed by atoms with E-state index < -0.39 is 0 Å². The van der Waals surface area contributed by atoms with Gasteiger partial charge >= 0.3 is 0 Å². The minimum Gasteiger partial charge on any atom is -0.0958 e. The van der Waals surface area contributed by atoms with Crippen LogP contribution in [0.4, 0.5) is 0 Å². The van der Waals surface area contributed by atoms with Gasteiger partial charge in [0.05, 0.1) is 0 Å². The van der Waals surface area contributed by atoms with Crippen molar-refractivity contribution >= 4 is 0 Å². The van der Waals surface area contributed by atoms with E-state index in [9.17, 15) is 0 Å². The molecule has 0 fully saturated rings. The number of benzene rings is 2. The second-order valence-corrected chi connectivity index (χ2v) is 6.52. The Kier molecular flexibility index (Phi) is 5.76. The number of allylic oxidation sites excluding steroid dienone is 4. The van der Waals surface area contributed by atoms with Gasteiger partial charge in [-0.25, -0.2) is 0 Å². The molecule has 2 aromatic rings. The molecule has 0 aromatic heterocycles. The van der Waals surface area contributed by atoms with Gasteiger partial charge in [0.15, 0.2) is 0 Å². The topological polar surface area (TPSA) is 0 Å². The summed E-state index contributed by atoms with van der Waals surface area (Å²) < 4.78 is 0. The van der Waals surface area contributed by atoms with E-state index in [0.29, 0.717) is 0 Å². The molecule has 0 aliphatic carbocycles. The van der Waals surface area contributed by atoms with Gasteiger partial charge in [-0.1, -0.05) is 86.0 Å². The maximum atomic E-state index is 4.06. The lowest BCUT2D eigenvalue weighted by Crippen LogP contribution is -1.91. The van der Waals surface area contributed by atoms with E-state index in [1.807, 2.05) is 13.8 Å². The van der Waals surface area contributed by atoms with Gasteiger partial charge in [-0.15, -0.1) is 0 Å². The molecule has 2 rings (SSSR count). The molecule has 0 radical (unpaired) electrons. The van der Waals surface area contributed by atoms with Crippen LogP contribution in [0.15, 0.2) is 97.1 Å². The largest absolute Gasteiger partial charge is 0.0958 e. The Balaban J connectivity index is 2.09. The predicted molar refractivity (Wildman–Crippen MR) is 107 cm³/mol. The highest BCUT2D eigenvalue weighted by molar-refractivity contribution is 5.64. The average molecular weight is 314 g/mol. The van der Waals surface area contributed by atoms with Crippen LogP contribution in [0.25, 0.3) is 11.1 Å². The third-order valence-electron chi connectivity index (χ3n) is 4.28. The molecular formula is C24H26. The van der Waals surface area contributed by atoms with Crippen LogP contribution in [0.1, 0.15) is 25.0 Å². The number of hydrogen-bond donors (Lipinski definition) is 0. The summed E-state index contributed by atoms with van der Waals surface area (Å²) in [6, 6.07) is 17.3. The van der Waals surface area contributed by atoms with Crippen molar-refractivity contribution in [3.05, 3.63) is 108 Å². The monoisotopic (exact) mass is 314 g/mol. The maximum Gasteiger partial charge on any atom is -0.00292 e. The Morgan fingerprint density at radius 1 is 0.583 bits per heavy atom. The van der Waals surface area contributed by atoms with Crippen LogP contribution < -0.4 is 0 Å². The normalized spacial score (nSPS) is 10.2. The van der Waals surface area contributed by atoms with Gasteiger partial charge in [0.1, 0.15) is 0 Å². The van der Waals surface area contributed by atoms with Crippen molar-refractivity contribution in [2.24, 2.45) is 0 Å². The van der Waals surface area contributed by atoms with Crippen LogP contribution in [-0.4, -0.2) is 0 Å². The molecule has 0 N–H and O–H groups in total. The fourth-order valence-corrected chi connectivity index (χ4v) is 2.42. The lowest BCUT2D eigenvalue weighted by Gasteiger charge is -2.09. The summed E-state index contributed by atoms with van der Waals surface area (Å²) in [5.41, 5.74) is 9.25. The van der Waals surface area contributed by atoms with E-state index in [0.717, 1.165) is 35.1 Å². The third kappa shape index (κ3) is 4.70. The molecule has 0 bridgehead atoms. The van der Waals surface area contributed by atoms with E-state index in [1.165, 1.54) is 22.3 Å². The lowest BCUT2D eigenvalue weighted by atomic mass is 9.97. The minimum absolute atomic E-state index is 0.859. The summed E-state index contributed by atoms with van der Waals surface area (Å²) >= 11 is 0. The first-order valence-corrected chi connectivity index (χ1v) is 8.22. The number of hydrogen-bond acceptors (Lipinski definition) is 0. The first kappa shape index (κ1) is 17.7. The summed E-state index contributed by atoms with van der Waals surface area (Å²) in [6.45, 7) is 20.0. The Morgan fingerprint density at radius 2 is 0.875 bits per heavy atom. The van der Waals surface area contributed by atoms with Gasteiger partial charge in [-0.2, -0.15) is 0 Å². The van der Waals surface area contributed by atoms with Gasteiger partial charge in [0.2, 0.25) is 0 Å². The smallest absolute Gasteiger partial charge is 0.00292 e. The zero-order chi connectivity index (χ0) is 17.7. The van der Waals surface area contributed by atoms with Crippen molar-refractivity contribution in [3.63, 3.8) is 0 Å². The van der Waals surface area contributed by atoms with Gasteiger partial charge in [-0.3, -0.25) is 0 Å². The van der Waals surface area contributed by atoms with Gasteiger partial charge in [-0.05, 0) is 60.1 Å². The molecule has 0 heterocycles.